The normalized spacial score (nSPS) is 10.4. The zero-order valence-electron chi connectivity index (χ0n) is 13.3. The fourth-order valence-corrected chi connectivity index (χ4v) is 2.86. The molecule has 8 heteroatoms. The van der Waals surface area contributed by atoms with Gasteiger partial charge in [0.2, 0.25) is 0 Å². The Bertz CT molecular complexity index is 589. The van der Waals surface area contributed by atoms with Crippen LogP contribution >= 0.6 is 11.8 Å². The molecule has 23 heavy (non-hydrogen) atoms. The molecule has 126 valence electrons. The van der Waals surface area contributed by atoms with Crippen LogP contribution in [0.2, 0.25) is 0 Å². The van der Waals surface area contributed by atoms with Crippen molar-refractivity contribution in [3.63, 3.8) is 0 Å². The first-order valence-corrected chi connectivity index (χ1v) is 8.12. The second-order valence-electron chi connectivity index (χ2n) is 5.22. The smallest absolute Gasteiger partial charge is 0.338 e. The minimum Gasteiger partial charge on any atom is -0.452 e. The first kappa shape index (κ1) is 19.0. The van der Waals surface area contributed by atoms with E-state index in [2.05, 4.69) is 19.2 Å². The molecule has 1 aromatic rings. The molecule has 0 saturated heterocycles. The van der Waals surface area contributed by atoms with Crippen LogP contribution < -0.4 is 5.32 Å². The first-order valence-electron chi connectivity index (χ1n) is 7.14. The van der Waals surface area contributed by atoms with Crippen LogP contribution in [0.4, 0.5) is 5.69 Å². The summed E-state index contributed by atoms with van der Waals surface area (Å²) in [6, 6.07) is 4.19. The summed E-state index contributed by atoms with van der Waals surface area (Å²) in [6.07, 6.45) is 0.942. The van der Waals surface area contributed by atoms with Crippen molar-refractivity contribution in [2.24, 2.45) is 5.92 Å². The molecule has 0 spiro atoms. The summed E-state index contributed by atoms with van der Waals surface area (Å²) in [5, 5.41) is 13.5. The van der Waals surface area contributed by atoms with Crippen LogP contribution in [0.5, 0.6) is 0 Å². The SMILES string of the molecule is CNC(=O)COC(=O)c1ccc(SCCC(C)C)c([N+](=O)[O-])c1. The predicted octanol–water partition coefficient (Wildman–Crippen LogP) is 2.64. The number of nitro groups is 1. The Morgan fingerprint density at radius 1 is 1.39 bits per heavy atom. The third-order valence-electron chi connectivity index (χ3n) is 2.96. The highest BCUT2D eigenvalue weighted by atomic mass is 32.2. The molecular weight excluding hydrogens is 320 g/mol. The predicted molar refractivity (Wildman–Crippen MR) is 87.6 cm³/mol. The Hall–Kier alpha value is -2.09. The number of amides is 1. The van der Waals surface area contributed by atoms with Gasteiger partial charge in [0.25, 0.3) is 11.6 Å². The van der Waals surface area contributed by atoms with Crippen LogP contribution in [0.1, 0.15) is 30.6 Å². The van der Waals surface area contributed by atoms with E-state index in [0.717, 1.165) is 12.2 Å². The van der Waals surface area contributed by atoms with Gasteiger partial charge in [0.05, 0.1) is 15.4 Å². The van der Waals surface area contributed by atoms with Gasteiger partial charge in [0, 0.05) is 13.1 Å². The molecule has 7 nitrogen and oxygen atoms in total. The van der Waals surface area contributed by atoms with E-state index >= 15 is 0 Å². The molecule has 0 unspecified atom stereocenters. The molecule has 0 aliphatic rings. The lowest BCUT2D eigenvalue weighted by molar-refractivity contribution is -0.387. The topological polar surface area (TPSA) is 98.5 Å². The van der Waals surface area contributed by atoms with Crippen molar-refractivity contribution in [1.29, 1.82) is 0 Å². The average Bonchev–Trinajstić information content (AvgIpc) is 2.51. The number of nitrogens with zero attached hydrogens (tertiary/aromatic N) is 1. The minimum absolute atomic E-state index is 0.0498. The second kappa shape index (κ2) is 9.14. The summed E-state index contributed by atoms with van der Waals surface area (Å²) >= 11 is 1.39. The molecule has 0 aliphatic carbocycles. The van der Waals surface area contributed by atoms with Crippen LogP contribution in [-0.2, 0) is 9.53 Å². The zero-order chi connectivity index (χ0) is 17.4. The molecule has 0 radical (unpaired) electrons. The zero-order valence-corrected chi connectivity index (χ0v) is 14.1. The van der Waals surface area contributed by atoms with E-state index in [-0.39, 0.29) is 11.3 Å². The van der Waals surface area contributed by atoms with Gasteiger partial charge in [-0.25, -0.2) is 4.79 Å². The monoisotopic (exact) mass is 340 g/mol. The van der Waals surface area contributed by atoms with Crippen LogP contribution in [0, 0.1) is 16.0 Å². The molecule has 0 bridgehead atoms. The molecule has 1 amide bonds. The number of ether oxygens (including phenoxy) is 1. The van der Waals surface area contributed by atoms with Gasteiger partial charge in [-0.05, 0) is 30.2 Å². The Labute approximate surface area is 138 Å². The summed E-state index contributed by atoms with van der Waals surface area (Å²) < 4.78 is 4.79. The van der Waals surface area contributed by atoms with Crippen LogP contribution in [0.3, 0.4) is 0 Å². The summed E-state index contributed by atoms with van der Waals surface area (Å²) in [4.78, 5) is 34.0. The highest BCUT2D eigenvalue weighted by Gasteiger charge is 2.19. The molecular formula is C15H20N2O5S. The Morgan fingerprint density at radius 2 is 2.09 bits per heavy atom. The molecule has 0 fully saturated rings. The Balaban J connectivity index is 2.84. The Kier molecular flexibility index (Phi) is 7.53. The van der Waals surface area contributed by atoms with Crippen molar-refractivity contribution in [1.82, 2.24) is 5.32 Å². The van der Waals surface area contributed by atoms with Gasteiger partial charge in [-0.1, -0.05) is 13.8 Å². The minimum atomic E-state index is -0.768. The summed E-state index contributed by atoms with van der Waals surface area (Å²) in [5.41, 5.74) is -0.0815. The van der Waals surface area contributed by atoms with Gasteiger partial charge in [0.1, 0.15) is 0 Å². The summed E-state index contributed by atoms with van der Waals surface area (Å²) in [7, 11) is 1.42. The number of nitrogens with one attached hydrogen (secondary N) is 1. The standard InChI is InChI=1S/C15H20N2O5S/c1-10(2)6-7-23-13-5-4-11(8-12(13)17(20)21)15(19)22-9-14(18)16-3/h4-5,8,10H,6-7,9H2,1-3H3,(H,16,18). The molecule has 1 N–H and O–H groups in total. The van der Waals surface area contributed by atoms with Crippen molar-refractivity contribution in [3.05, 3.63) is 33.9 Å². The number of rotatable bonds is 8. The van der Waals surface area contributed by atoms with E-state index in [1.165, 1.54) is 30.9 Å². The van der Waals surface area contributed by atoms with Crippen molar-refractivity contribution < 1.29 is 19.2 Å². The molecule has 0 saturated carbocycles. The highest BCUT2D eigenvalue weighted by molar-refractivity contribution is 7.99. The van der Waals surface area contributed by atoms with Crippen LogP contribution in [0.25, 0.3) is 0 Å². The fraction of sp³-hybridized carbons (Fsp3) is 0.467. The van der Waals surface area contributed by atoms with Gasteiger partial charge in [-0.3, -0.25) is 14.9 Å². The van der Waals surface area contributed by atoms with E-state index in [4.69, 9.17) is 4.74 Å². The number of carbonyl (C=O) groups is 2. The summed E-state index contributed by atoms with van der Waals surface area (Å²) in [6.45, 7) is 3.75. The van der Waals surface area contributed by atoms with E-state index in [0.29, 0.717) is 10.8 Å². The second-order valence-corrected chi connectivity index (χ2v) is 6.36. The Morgan fingerprint density at radius 3 is 2.65 bits per heavy atom. The largest absolute Gasteiger partial charge is 0.452 e. The molecule has 0 aliphatic heterocycles. The number of thioether (sulfide) groups is 1. The van der Waals surface area contributed by atoms with Gasteiger partial charge >= 0.3 is 5.97 Å². The number of likely N-dealkylation sites (N-methyl/N-ethyl adjacent to an activating group) is 1. The first-order chi connectivity index (χ1) is 10.8. The maximum atomic E-state index is 11.8. The van der Waals surface area contributed by atoms with E-state index in [9.17, 15) is 19.7 Å². The third kappa shape index (κ3) is 6.27. The van der Waals surface area contributed by atoms with Gasteiger partial charge in [-0.15, -0.1) is 11.8 Å². The molecule has 0 aromatic heterocycles. The lowest BCUT2D eigenvalue weighted by atomic mass is 10.2. The van der Waals surface area contributed by atoms with Crippen molar-refractivity contribution in [2.45, 2.75) is 25.2 Å². The molecule has 1 rings (SSSR count). The van der Waals surface area contributed by atoms with Gasteiger partial charge in [0.15, 0.2) is 6.61 Å². The van der Waals surface area contributed by atoms with E-state index in [1.807, 2.05) is 0 Å². The maximum absolute atomic E-state index is 11.8. The van der Waals surface area contributed by atoms with E-state index < -0.39 is 23.4 Å². The van der Waals surface area contributed by atoms with Crippen molar-refractivity contribution in [2.75, 3.05) is 19.4 Å². The van der Waals surface area contributed by atoms with Crippen molar-refractivity contribution >= 4 is 29.3 Å². The molecule has 1 aromatic carbocycles. The lowest BCUT2D eigenvalue weighted by Crippen LogP contribution is -2.25. The highest BCUT2D eigenvalue weighted by Crippen LogP contribution is 2.31. The quantitative estimate of drug-likeness (QED) is 0.338. The third-order valence-corrected chi connectivity index (χ3v) is 4.05. The maximum Gasteiger partial charge on any atom is 0.338 e. The number of esters is 1. The summed E-state index contributed by atoms with van der Waals surface area (Å²) in [5.74, 6) is 0.0588. The van der Waals surface area contributed by atoms with Crippen molar-refractivity contribution in [3.8, 4) is 0 Å². The van der Waals surface area contributed by atoms with Crippen LogP contribution in [-0.4, -0.2) is 36.2 Å². The van der Waals surface area contributed by atoms with Gasteiger partial charge in [-0.2, -0.15) is 0 Å². The number of hydrogen-bond acceptors (Lipinski definition) is 6. The lowest BCUT2D eigenvalue weighted by Gasteiger charge is -2.07. The number of carbonyl (C=O) groups excluding carboxylic acids is 2. The van der Waals surface area contributed by atoms with Crippen LogP contribution in [0.15, 0.2) is 23.1 Å². The number of nitro benzene ring substituents is 1. The molecule has 0 atom stereocenters. The molecule has 0 heterocycles. The number of hydrogen-bond donors (Lipinski definition) is 1. The number of benzene rings is 1. The fourth-order valence-electron chi connectivity index (χ4n) is 1.60. The average molecular weight is 340 g/mol. The van der Waals surface area contributed by atoms with E-state index in [1.54, 1.807) is 6.07 Å². The van der Waals surface area contributed by atoms with Gasteiger partial charge < -0.3 is 10.1 Å².